The average Bonchev–Trinajstić information content (AvgIpc) is 2.84. The van der Waals surface area contributed by atoms with Crippen LogP contribution in [-0.4, -0.2) is 11.1 Å². The molecule has 2 aromatic rings. The number of rotatable bonds is 4. The van der Waals surface area contributed by atoms with Crippen molar-refractivity contribution in [1.29, 1.82) is 0 Å². The van der Waals surface area contributed by atoms with Gasteiger partial charge in [0.05, 0.1) is 5.92 Å². The number of halogens is 1. The zero-order chi connectivity index (χ0) is 13.8. The van der Waals surface area contributed by atoms with E-state index in [-0.39, 0.29) is 17.7 Å². The van der Waals surface area contributed by atoms with Crippen molar-refractivity contribution in [2.45, 2.75) is 19.8 Å². The molecule has 4 nitrogen and oxygen atoms in total. The Balaban J connectivity index is 2.20. The van der Waals surface area contributed by atoms with Crippen LogP contribution < -0.4 is 5.32 Å². The summed E-state index contributed by atoms with van der Waals surface area (Å²) in [7, 11) is 0. The first-order chi connectivity index (χ1) is 9.08. The lowest BCUT2D eigenvalue weighted by Gasteiger charge is -2.20. The molecule has 1 aromatic carbocycles. The Bertz CT molecular complexity index is 535. The molecule has 0 aliphatic heterocycles. The molecule has 0 bridgehead atoms. The molecule has 19 heavy (non-hydrogen) atoms. The minimum atomic E-state index is -0.256. The van der Waals surface area contributed by atoms with Gasteiger partial charge in [0.25, 0.3) is 0 Å². The predicted octanol–water partition coefficient (Wildman–Crippen LogP) is 3.71. The third kappa shape index (κ3) is 3.35. The van der Waals surface area contributed by atoms with Crippen LogP contribution in [0, 0.1) is 5.92 Å². The molecule has 2 rings (SSSR count). The average molecular weight is 279 g/mol. The number of hydrogen-bond donors (Lipinski definition) is 1. The Morgan fingerprint density at radius 2 is 1.95 bits per heavy atom. The van der Waals surface area contributed by atoms with E-state index in [1.165, 1.54) is 6.26 Å². The molecule has 1 amide bonds. The van der Waals surface area contributed by atoms with Gasteiger partial charge in [-0.1, -0.05) is 42.7 Å². The molecule has 1 aromatic heterocycles. The molecule has 0 saturated heterocycles. The number of aromatic nitrogens is 1. The van der Waals surface area contributed by atoms with E-state index in [1.54, 1.807) is 18.2 Å². The van der Waals surface area contributed by atoms with Gasteiger partial charge in [-0.05, 0) is 23.6 Å². The molecule has 0 aliphatic carbocycles. The monoisotopic (exact) mass is 278 g/mol. The standard InChI is InChI=1S/C14H15ClN2O2/c1-9(2)13(10-3-5-11(15)6-4-10)14(18)16-12-7-8-19-17-12/h3-9,13H,1-2H3,(H,16,17,18)/t13-/m0/s1. The minimum Gasteiger partial charge on any atom is -0.363 e. The molecule has 0 aliphatic rings. The third-order valence-electron chi connectivity index (χ3n) is 2.87. The first-order valence-electron chi connectivity index (χ1n) is 6.04. The van der Waals surface area contributed by atoms with Gasteiger partial charge in [0, 0.05) is 11.1 Å². The van der Waals surface area contributed by atoms with Gasteiger partial charge in [-0.3, -0.25) is 4.79 Å². The van der Waals surface area contributed by atoms with Crippen molar-refractivity contribution in [2.75, 3.05) is 5.32 Å². The van der Waals surface area contributed by atoms with Crippen molar-refractivity contribution in [3.05, 3.63) is 47.2 Å². The maximum Gasteiger partial charge on any atom is 0.233 e. The van der Waals surface area contributed by atoms with E-state index in [0.717, 1.165) is 5.56 Å². The summed E-state index contributed by atoms with van der Waals surface area (Å²) >= 11 is 5.87. The Kier molecular flexibility index (Phi) is 4.22. The second kappa shape index (κ2) is 5.89. The van der Waals surface area contributed by atoms with Crippen molar-refractivity contribution in [1.82, 2.24) is 5.16 Å². The maximum atomic E-state index is 12.3. The fourth-order valence-electron chi connectivity index (χ4n) is 1.99. The number of benzene rings is 1. The van der Waals surface area contributed by atoms with Gasteiger partial charge in [-0.15, -0.1) is 0 Å². The molecule has 0 spiro atoms. The fraction of sp³-hybridized carbons (Fsp3) is 0.286. The van der Waals surface area contributed by atoms with Crippen LogP contribution in [0.25, 0.3) is 0 Å². The molecular weight excluding hydrogens is 264 g/mol. The van der Waals surface area contributed by atoms with Crippen LogP contribution in [0.5, 0.6) is 0 Å². The summed E-state index contributed by atoms with van der Waals surface area (Å²) in [5.41, 5.74) is 0.931. The summed E-state index contributed by atoms with van der Waals surface area (Å²) in [5.74, 6) is 0.220. The van der Waals surface area contributed by atoms with E-state index < -0.39 is 0 Å². The normalized spacial score (nSPS) is 12.4. The largest absolute Gasteiger partial charge is 0.363 e. The van der Waals surface area contributed by atoms with Gasteiger partial charge in [-0.25, -0.2) is 0 Å². The number of amides is 1. The highest BCUT2D eigenvalue weighted by Crippen LogP contribution is 2.27. The highest BCUT2D eigenvalue weighted by atomic mass is 35.5. The Morgan fingerprint density at radius 3 is 2.47 bits per heavy atom. The summed E-state index contributed by atoms with van der Waals surface area (Å²) in [6, 6.07) is 8.92. The zero-order valence-electron chi connectivity index (χ0n) is 10.8. The highest BCUT2D eigenvalue weighted by molar-refractivity contribution is 6.30. The van der Waals surface area contributed by atoms with Crippen LogP contribution in [0.3, 0.4) is 0 Å². The van der Waals surface area contributed by atoms with Crippen LogP contribution in [0.15, 0.2) is 41.1 Å². The minimum absolute atomic E-state index is 0.105. The molecule has 5 heteroatoms. The van der Waals surface area contributed by atoms with Crippen molar-refractivity contribution in [3.8, 4) is 0 Å². The van der Waals surface area contributed by atoms with E-state index in [2.05, 4.69) is 10.5 Å². The summed E-state index contributed by atoms with van der Waals surface area (Å²) in [5, 5.41) is 7.07. The summed E-state index contributed by atoms with van der Waals surface area (Å²) < 4.78 is 4.69. The Morgan fingerprint density at radius 1 is 1.26 bits per heavy atom. The molecule has 0 unspecified atom stereocenters. The van der Waals surface area contributed by atoms with Gasteiger partial charge < -0.3 is 9.84 Å². The number of nitrogens with zero attached hydrogens (tertiary/aromatic N) is 1. The van der Waals surface area contributed by atoms with Crippen LogP contribution in [0.4, 0.5) is 5.82 Å². The highest BCUT2D eigenvalue weighted by Gasteiger charge is 2.24. The number of carbonyl (C=O) groups is 1. The predicted molar refractivity (Wildman–Crippen MR) is 74.2 cm³/mol. The lowest BCUT2D eigenvalue weighted by Crippen LogP contribution is -2.25. The van der Waals surface area contributed by atoms with Crippen LogP contribution in [0.2, 0.25) is 5.02 Å². The molecule has 1 N–H and O–H groups in total. The number of nitrogens with one attached hydrogen (secondary N) is 1. The van der Waals surface area contributed by atoms with E-state index in [9.17, 15) is 4.79 Å². The number of anilines is 1. The van der Waals surface area contributed by atoms with Crippen LogP contribution in [-0.2, 0) is 4.79 Å². The first-order valence-corrected chi connectivity index (χ1v) is 6.42. The summed E-state index contributed by atoms with van der Waals surface area (Å²) in [4.78, 5) is 12.3. The topological polar surface area (TPSA) is 55.1 Å². The Hall–Kier alpha value is -1.81. The number of hydrogen-bond acceptors (Lipinski definition) is 3. The molecule has 0 radical (unpaired) electrons. The lowest BCUT2D eigenvalue weighted by molar-refractivity contribution is -0.118. The van der Waals surface area contributed by atoms with E-state index in [0.29, 0.717) is 10.8 Å². The lowest BCUT2D eigenvalue weighted by atomic mass is 9.87. The second-order valence-electron chi connectivity index (χ2n) is 4.65. The van der Waals surface area contributed by atoms with Crippen molar-refractivity contribution in [2.24, 2.45) is 5.92 Å². The van der Waals surface area contributed by atoms with Crippen LogP contribution in [0.1, 0.15) is 25.3 Å². The smallest absolute Gasteiger partial charge is 0.233 e. The van der Waals surface area contributed by atoms with E-state index in [4.69, 9.17) is 16.1 Å². The van der Waals surface area contributed by atoms with Gasteiger partial charge in [0.1, 0.15) is 6.26 Å². The second-order valence-corrected chi connectivity index (χ2v) is 5.08. The third-order valence-corrected chi connectivity index (χ3v) is 3.12. The summed E-state index contributed by atoms with van der Waals surface area (Å²) in [6.45, 7) is 4.00. The molecule has 1 heterocycles. The van der Waals surface area contributed by atoms with Gasteiger partial charge in [0.2, 0.25) is 5.91 Å². The molecule has 0 fully saturated rings. The van der Waals surface area contributed by atoms with Crippen LogP contribution >= 0.6 is 11.6 Å². The molecule has 100 valence electrons. The van der Waals surface area contributed by atoms with Crippen molar-refractivity contribution >= 4 is 23.3 Å². The summed E-state index contributed by atoms with van der Waals surface area (Å²) in [6.07, 6.45) is 1.42. The maximum absolute atomic E-state index is 12.3. The van der Waals surface area contributed by atoms with E-state index >= 15 is 0 Å². The van der Waals surface area contributed by atoms with Crippen molar-refractivity contribution < 1.29 is 9.32 Å². The van der Waals surface area contributed by atoms with E-state index in [1.807, 2.05) is 26.0 Å². The quantitative estimate of drug-likeness (QED) is 0.927. The van der Waals surface area contributed by atoms with Crippen molar-refractivity contribution in [3.63, 3.8) is 0 Å². The van der Waals surface area contributed by atoms with Gasteiger partial charge in [0.15, 0.2) is 5.82 Å². The Labute approximate surface area is 116 Å². The molecular formula is C14H15ClN2O2. The molecule has 1 atom stereocenters. The fourth-order valence-corrected chi connectivity index (χ4v) is 2.12. The SMILES string of the molecule is CC(C)[C@H](C(=O)Nc1ccon1)c1ccc(Cl)cc1. The van der Waals surface area contributed by atoms with Gasteiger partial charge in [-0.2, -0.15) is 0 Å². The number of carbonyl (C=O) groups excluding carboxylic acids is 1. The first kappa shape index (κ1) is 13.6. The van der Waals surface area contributed by atoms with Gasteiger partial charge >= 0.3 is 0 Å². The zero-order valence-corrected chi connectivity index (χ0v) is 11.5. The molecule has 0 saturated carbocycles.